The van der Waals surface area contributed by atoms with E-state index in [1.807, 2.05) is 0 Å². The number of amides is 1. The molecule has 0 aromatic carbocycles. The maximum atomic E-state index is 12.7. The molecule has 1 aliphatic rings. The Labute approximate surface area is 146 Å². The summed E-state index contributed by atoms with van der Waals surface area (Å²) in [6, 6.07) is -1.73. The van der Waals surface area contributed by atoms with Crippen molar-refractivity contribution in [1.82, 2.24) is 9.80 Å². The van der Waals surface area contributed by atoms with Crippen molar-refractivity contribution >= 4 is 23.8 Å². The number of likely N-dealkylation sites (tertiary alicyclic amines) is 1. The third-order valence-corrected chi connectivity index (χ3v) is 4.00. The number of hydrogen-bond acceptors (Lipinski definition) is 7. The van der Waals surface area contributed by atoms with Crippen molar-refractivity contribution in [3.8, 4) is 0 Å². The summed E-state index contributed by atoms with van der Waals surface area (Å²) in [6.45, 7) is 5.04. The van der Waals surface area contributed by atoms with Crippen LogP contribution in [0.1, 0.15) is 33.6 Å². The first kappa shape index (κ1) is 20.9. The Morgan fingerprint density at radius 1 is 1.12 bits per heavy atom. The highest BCUT2D eigenvalue weighted by atomic mass is 16.5. The minimum absolute atomic E-state index is 0.182. The van der Waals surface area contributed by atoms with Gasteiger partial charge in [-0.05, 0) is 33.6 Å². The number of esters is 2. The van der Waals surface area contributed by atoms with E-state index < -0.39 is 35.9 Å². The van der Waals surface area contributed by atoms with Gasteiger partial charge in [0.2, 0.25) is 5.91 Å². The quantitative estimate of drug-likeness (QED) is 0.568. The highest BCUT2D eigenvalue weighted by molar-refractivity contribution is 5.88. The first-order valence-corrected chi connectivity index (χ1v) is 8.40. The first-order chi connectivity index (χ1) is 11.8. The Bertz CT molecular complexity index is 489. The third kappa shape index (κ3) is 6.00. The van der Waals surface area contributed by atoms with Crippen LogP contribution in [0.15, 0.2) is 0 Å². The fourth-order valence-electron chi connectivity index (χ4n) is 2.76. The van der Waals surface area contributed by atoms with Crippen LogP contribution in [0.4, 0.5) is 0 Å². The number of carboxylic acids is 1. The largest absolute Gasteiger partial charge is 0.480 e. The molecule has 2 unspecified atom stereocenters. The number of hydrogen-bond donors (Lipinski definition) is 1. The second-order valence-corrected chi connectivity index (χ2v) is 5.72. The van der Waals surface area contributed by atoms with Crippen LogP contribution < -0.4 is 0 Å². The second kappa shape index (κ2) is 9.97. The summed E-state index contributed by atoms with van der Waals surface area (Å²) < 4.78 is 9.75. The summed E-state index contributed by atoms with van der Waals surface area (Å²) in [5, 5.41) is 9.23. The van der Waals surface area contributed by atoms with Crippen molar-refractivity contribution in [2.24, 2.45) is 0 Å². The van der Waals surface area contributed by atoms with Gasteiger partial charge in [-0.15, -0.1) is 0 Å². The lowest BCUT2D eigenvalue weighted by molar-refractivity contribution is -0.155. The van der Waals surface area contributed by atoms with Gasteiger partial charge in [0.25, 0.3) is 0 Å². The van der Waals surface area contributed by atoms with Crippen LogP contribution in [0.25, 0.3) is 0 Å². The van der Waals surface area contributed by atoms with Gasteiger partial charge in [0.1, 0.15) is 6.04 Å². The van der Waals surface area contributed by atoms with E-state index in [0.29, 0.717) is 19.4 Å². The maximum absolute atomic E-state index is 12.7. The van der Waals surface area contributed by atoms with Gasteiger partial charge < -0.3 is 19.5 Å². The molecule has 0 bridgehead atoms. The molecule has 1 heterocycles. The molecule has 0 aromatic rings. The summed E-state index contributed by atoms with van der Waals surface area (Å²) in [5.41, 5.74) is 0. The number of carboxylic acid groups (broad SMARTS) is 1. The smallest absolute Gasteiger partial charge is 0.326 e. The zero-order valence-electron chi connectivity index (χ0n) is 14.9. The van der Waals surface area contributed by atoms with Gasteiger partial charge in [0.05, 0.1) is 32.3 Å². The molecule has 142 valence electrons. The van der Waals surface area contributed by atoms with Crippen LogP contribution in [-0.2, 0) is 28.7 Å². The molecule has 0 spiro atoms. The van der Waals surface area contributed by atoms with Crippen LogP contribution >= 0.6 is 0 Å². The molecule has 0 aromatic heterocycles. The minimum Gasteiger partial charge on any atom is -0.480 e. The Balaban J connectivity index is 2.86. The number of ether oxygens (including phenoxy) is 2. The van der Waals surface area contributed by atoms with E-state index >= 15 is 0 Å². The molecule has 0 saturated carbocycles. The molecule has 9 nitrogen and oxygen atoms in total. The van der Waals surface area contributed by atoms with Crippen LogP contribution in [-0.4, -0.2) is 83.7 Å². The maximum Gasteiger partial charge on any atom is 0.326 e. The summed E-state index contributed by atoms with van der Waals surface area (Å²) in [4.78, 5) is 50.2. The molecule has 2 atom stereocenters. The SMILES string of the molecule is CCOC(=O)CN(CC(=O)OCC)C(C)C(=O)N1CCCC1C(=O)O. The summed E-state index contributed by atoms with van der Waals surface area (Å²) in [6.07, 6.45) is 0.995. The minimum atomic E-state index is -1.06. The van der Waals surface area contributed by atoms with Gasteiger partial charge in [0.15, 0.2) is 0 Å². The number of nitrogens with zero attached hydrogens (tertiary/aromatic N) is 2. The number of carbonyl (C=O) groups excluding carboxylic acids is 3. The zero-order chi connectivity index (χ0) is 19.0. The molecule has 25 heavy (non-hydrogen) atoms. The van der Waals surface area contributed by atoms with Crippen molar-refractivity contribution in [3.63, 3.8) is 0 Å². The van der Waals surface area contributed by atoms with Gasteiger partial charge in [-0.25, -0.2) is 4.79 Å². The fourth-order valence-corrected chi connectivity index (χ4v) is 2.76. The van der Waals surface area contributed by atoms with Crippen molar-refractivity contribution < 1.29 is 33.8 Å². The third-order valence-electron chi connectivity index (χ3n) is 4.00. The molecule has 1 amide bonds. The fraction of sp³-hybridized carbons (Fsp3) is 0.750. The Kier molecular flexibility index (Phi) is 8.33. The first-order valence-electron chi connectivity index (χ1n) is 8.40. The number of carbonyl (C=O) groups is 4. The standard InChI is InChI=1S/C16H26N2O7/c1-4-24-13(19)9-17(10-14(20)25-5-2)11(3)15(21)18-8-6-7-12(18)16(22)23/h11-12H,4-10H2,1-3H3,(H,22,23). The van der Waals surface area contributed by atoms with E-state index in [0.717, 1.165) is 0 Å². The van der Waals surface area contributed by atoms with E-state index in [1.165, 1.54) is 16.7 Å². The zero-order valence-corrected chi connectivity index (χ0v) is 14.9. The van der Waals surface area contributed by atoms with Gasteiger partial charge in [-0.1, -0.05) is 0 Å². The van der Waals surface area contributed by atoms with E-state index in [2.05, 4.69) is 0 Å². The Morgan fingerprint density at radius 3 is 2.08 bits per heavy atom. The summed E-state index contributed by atoms with van der Waals surface area (Å²) in [5.74, 6) is -2.62. The van der Waals surface area contributed by atoms with Gasteiger partial charge in [-0.2, -0.15) is 0 Å². The summed E-state index contributed by atoms with van der Waals surface area (Å²) >= 11 is 0. The van der Waals surface area contributed by atoms with Crippen molar-refractivity contribution in [3.05, 3.63) is 0 Å². The molecule has 1 fully saturated rings. The highest BCUT2D eigenvalue weighted by Gasteiger charge is 2.38. The number of rotatable bonds is 9. The van der Waals surface area contributed by atoms with E-state index in [4.69, 9.17) is 9.47 Å². The van der Waals surface area contributed by atoms with E-state index in [9.17, 15) is 24.3 Å². The second-order valence-electron chi connectivity index (χ2n) is 5.72. The predicted octanol–water partition coefficient (Wildman–Crippen LogP) is -0.121. The van der Waals surface area contributed by atoms with E-state index in [1.54, 1.807) is 13.8 Å². The van der Waals surface area contributed by atoms with Gasteiger partial charge in [0, 0.05) is 6.54 Å². The molecule has 1 aliphatic heterocycles. The predicted molar refractivity (Wildman–Crippen MR) is 86.7 cm³/mol. The van der Waals surface area contributed by atoms with Gasteiger partial charge in [-0.3, -0.25) is 19.3 Å². The number of aliphatic carboxylic acids is 1. The van der Waals surface area contributed by atoms with Crippen LogP contribution in [0, 0.1) is 0 Å². The molecular formula is C16H26N2O7. The van der Waals surface area contributed by atoms with E-state index in [-0.39, 0.29) is 26.3 Å². The van der Waals surface area contributed by atoms with Crippen LogP contribution in [0.2, 0.25) is 0 Å². The van der Waals surface area contributed by atoms with Crippen molar-refractivity contribution in [2.75, 3.05) is 32.8 Å². The topological polar surface area (TPSA) is 113 Å². The molecular weight excluding hydrogens is 332 g/mol. The average molecular weight is 358 g/mol. The molecule has 0 aliphatic carbocycles. The average Bonchev–Trinajstić information content (AvgIpc) is 3.03. The molecule has 1 N–H and O–H groups in total. The van der Waals surface area contributed by atoms with Crippen LogP contribution in [0.3, 0.4) is 0 Å². The molecule has 0 radical (unpaired) electrons. The van der Waals surface area contributed by atoms with Gasteiger partial charge >= 0.3 is 17.9 Å². The van der Waals surface area contributed by atoms with Crippen LogP contribution in [0.5, 0.6) is 0 Å². The lowest BCUT2D eigenvalue weighted by Gasteiger charge is -2.31. The lowest BCUT2D eigenvalue weighted by atomic mass is 10.2. The normalized spacial score (nSPS) is 18.1. The monoisotopic (exact) mass is 358 g/mol. The lowest BCUT2D eigenvalue weighted by Crippen LogP contribution is -2.53. The summed E-state index contributed by atoms with van der Waals surface area (Å²) in [7, 11) is 0. The van der Waals surface area contributed by atoms with Crippen molar-refractivity contribution in [1.29, 1.82) is 0 Å². The Hall–Kier alpha value is -2.16. The molecule has 1 rings (SSSR count). The molecule has 9 heteroatoms. The Morgan fingerprint density at radius 2 is 1.64 bits per heavy atom. The van der Waals surface area contributed by atoms with Crippen molar-refractivity contribution in [2.45, 2.75) is 45.7 Å². The highest BCUT2D eigenvalue weighted by Crippen LogP contribution is 2.20. The molecule has 1 saturated heterocycles.